The molecule has 0 atom stereocenters. The second-order valence-corrected chi connectivity index (χ2v) is 6.51. The Morgan fingerprint density at radius 2 is 1.75 bits per heavy atom. The van der Waals surface area contributed by atoms with Crippen molar-refractivity contribution in [2.45, 2.75) is 0 Å². The number of aromatic nitrogens is 1. The van der Waals surface area contributed by atoms with Crippen molar-refractivity contribution in [1.29, 1.82) is 0 Å². The summed E-state index contributed by atoms with van der Waals surface area (Å²) in [6, 6.07) is 18.9. The molecule has 0 unspecified atom stereocenters. The first-order chi connectivity index (χ1) is 11.7. The summed E-state index contributed by atoms with van der Waals surface area (Å²) < 4.78 is 2.19. The Bertz CT molecular complexity index is 930. The number of nitrogen functional groups attached to an aromatic ring is 1. The summed E-state index contributed by atoms with van der Waals surface area (Å²) in [6.45, 7) is 0. The maximum atomic E-state index is 12.3. The van der Waals surface area contributed by atoms with Crippen molar-refractivity contribution in [3.05, 3.63) is 75.1 Å². The van der Waals surface area contributed by atoms with Crippen molar-refractivity contribution in [3.63, 3.8) is 0 Å². The van der Waals surface area contributed by atoms with Crippen LogP contribution in [0.3, 0.4) is 0 Å². The Hall–Kier alpha value is -2.77. The molecule has 1 amide bonds. The lowest BCUT2D eigenvalue weighted by Gasteiger charge is -2.05. The zero-order chi connectivity index (χ0) is 16.9. The minimum Gasteiger partial charge on any atom is -0.383 e. The highest BCUT2D eigenvalue weighted by molar-refractivity contribution is 7.73. The molecule has 3 rings (SSSR count). The van der Waals surface area contributed by atoms with E-state index in [-0.39, 0.29) is 5.91 Å². The predicted molar refractivity (Wildman–Crippen MR) is 100 cm³/mol. The predicted octanol–water partition coefficient (Wildman–Crippen LogP) is 3.61. The highest BCUT2D eigenvalue weighted by Gasteiger charge is 2.17. The van der Waals surface area contributed by atoms with Gasteiger partial charge in [0.25, 0.3) is 5.91 Å². The minimum atomic E-state index is -0.384. The van der Waals surface area contributed by atoms with Gasteiger partial charge in [0, 0.05) is 5.69 Å². The van der Waals surface area contributed by atoms with Gasteiger partial charge in [0.05, 0.1) is 6.21 Å². The van der Waals surface area contributed by atoms with Gasteiger partial charge in [-0.3, -0.25) is 9.36 Å². The van der Waals surface area contributed by atoms with Gasteiger partial charge < -0.3 is 5.73 Å². The number of nitrogens with zero attached hydrogens (tertiary/aromatic N) is 2. The summed E-state index contributed by atoms with van der Waals surface area (Å²) in [5, 5.41) is 3.95. The van der Waals surface area contributed by atoms with Crippen LogP contribution in [0.5, 0.6) is 0 Å². The van der Waals surface area contributed by atoms with Gasteiger partial charge in [0.2, 0.25) is 0 Å². The molecule has 0 bridgehead atoms. The summed E-state index contributed by atoms with van der Waals surface area (Å²) in [4.78, 5) is 12.6. The number of amides is 1. The van der Waals surface area contributed by atoms with Crippen molar-refractivity contribution in [1.82, 2.24) is 9.99 Å². The van der Waals surface area contributed by atoms with Crippen LogP contribution in [0.2, 0.25) is 0 Å². The lowest BCUT2D eigenvalue weighted by molar-refractivity contribution is 0.0959. The SMILES string of the molecule is Nc1c(C(=O)N/N=C\c2ccccc2)sc(=S)n1-c1ccccc1. The third-order valence-corrected chi connectivity index (χ3v) is 4.63. The molecule has 24 heavy (non-hydrogen) atoms. The Morgan fingerprint density at radius 3 is 2.42 bits per heavy atom. The number of carbonyl (C=O) groups is 1. The molecule has 5 nitrogen and oxygen atoms in total. The van der Waals surface area contributed by atoms with Gasteiger partial charge in [-0.25, -0.2) is 5.43 Å². The fourth-order valence-corrected chi connectivity index (χ4v) is 3.38. The van der Waals surface area contributed by atoms with Gasteiger partial charge in [-0.05, 0) is 29.9 Å². The first-order valence-corrected chi connectivity index (χ1v) is 8.34. The van der Waals surface area contributed by atoms with Gasteiger partial charge in [-0.1, -0.05) is 59.9 Å². The molecule has 0 saturated carbocycles. The van der Waals surface area contributed by atoms with E-state index in [1.165, 1.54) is 0 Å². The van der Waals surface area contributed by atoms with E-state index in [0.717, 1.165) is 22.6 Å². The average Bonchev–Trinajstić information content (AvgIpc) is 2.91. The van der Waals surface area contributed by atoms with Crippen LogP contribution < -0.4 is 11.2 Å². The molecule has 0 radical (unpaired) electrons. The molecule has 0 fully saturated rings. The van der Waals surface area contributed by atoms with Crippen LogP contribution in [-0.4, -0.2) is 16.7 Å². The van der Waals surface area contributed by atoms with E-state index >= 15 is 0 Å². The van der Waals surface area contributed by atoms with Crippen LogP contribution in [0.25, 0.3) is 5.69 Å². The zero-order valence-corrected chi connectivity index (χ0v) is 14.2. The van der Waals surface area contributed by atoms with E-state index in [0.29, 0.717) is 14.6 Å². The number of para-hydroxylation sites is 1. The largest absolute Gasteiger partial charge is 0.383 e. The first kappa shape index (κ1) is 16.1. The van der Waals surface area contributed by atoms with E-state index in [9.17, 15) is 4.79 Å². The molecule has 0 spiro atoms. The fraction of sp³-hybridized carbons (Fsp3) is 0. The number of hydrogen-bond donors (Lipinski definition) is 2. The second-order valence-electron chi connectivity index (χ2n) is 4.86. The van der Waals surface area contributed by atoms with Crippen molar-refractivity contribution in [2.75, 3.05) is 5.73 Å². The molecule has 0 aliphatic rings. The number of carbonyl (C=O) groups excluding carboxylic acids is 1. The number of nitrogens with two attached hydrogens (primary N) is 1. The maximum absolute atomic E-state index is 12.3. The monoisotopic (exact) mass is 354 g/mol. The Balaban J connectivity index is 1.82. The van der Waals surface area contributed by atoms with Crippen LogP contribution >= 0.6 is 23.6 Å². The van der Waals surface area contributed by atoms with Crippen molar-refractivity contribution >= 4 is 41.5 Å². The van der Waals surface area contributed by atoms with Gasteiger partial charge in [-0.15, -0.1) is 0 Å². The number of anilines is 1. The quantitative estimate of drug-likeness (QED) is 0.427. The zero-order valence-electron chi connectivity index (χ0n) is 12.5. The van der Waals surface area contributed by atoms with E-state index < -0.39 is 0 Å². The van der Waals surface area contributed by atoms with E-state index in [4.69, 9.17) is 18.0 Å². The van der Waals surface area contributed by atoms with Crippen molar-refractivity contribution in [2.24, 2.45) is 5.10 Å². The fourth-order valence-electron chi connectivity index (χ4n) is 2.12. The van der Waals surface area contributed by atoms with Crippen LogP contribution in [0, 0.1) is 3.95 Å². The molecule has 1 heterocycles. The Labute approximate surface area is 148 Å². The number of benzene rings is 2. The number of hydrogen-bond acceptors (Lipinski definition) is 5. The third kappa shape index (κ3) is 3.42. The van der Waals surface area contributed by atoms with Gasteiger partial charge >= 0.3 is 0 Å². The molecule has 7 heteroatoms. The number of rotatable bonds is 4. The highest BCUT2D eigenvalue weighted by atomic mass is 32.1. The summed E-state index contributed by atoms with van der Waals surface area (Å²) in [6.07, 6.45) is 1.57. The van der Waals surface area contributed by atoms with Gasteiger partial charge in [0.1, 0.15) is 10.7 Å². The Morgan fingerprint density at radius 1 is 1.12 bits per heavy atom. The lowest BCUT2D eigenvalue weighted by atomic mass is 10.2. The molecule has 0 aliphatic heterocycles. The minimum absolute atomic E-state index is 0.309. The smallest absolute Gasteiger partial charge is 0.285 e. The second kappa shape index (κ2) is 7.20. The molecule has 120 valence electrons. The van der Waals surface area contributed by atoms with E-state index in [1.54, 1.807) is 10.8 Å². The molecule has 0 saturated heterocycles. The molecule has 3 N–H and O–H groups in total. The van der Waals surface area contributed by atoms with E-state index in [1.807, 2.05) is 60.7 Å². The lowest BCUT2D eigenvalue weighted by Crippen LogP contribution is -2.18. The van der Waals surface area contributed by atoms with E-state index in [2.05, 4.69) is 10.5 Å². The highest BCUT2D eigenvalue weighted by Crippen LogP contribution is 2.25. The van der Waals surface area contributed by atoms with Crippen molar-refractivity contribution in [3.8, 4) is 5.69 Å². The molecule has 3 aromatic rings. The number of hydrazone groups is 1. The molecule has 0 aliphatic carbocycles. The third-order valence-electron chi connectivity index (χ3n) is 3.25. The topological polar surface area (TPSA) is 72.4 Å². The van der Waals surface area contributed by atoms with Crippen LogP contribution in [0.1, 0.15) is 15.2 Å². The molecular formula is C17H14N4OS2. The maximum Gasteiger partial charge on any atom is 0.285 e. The summed E-state index contributed by atoms with van der Waals surface area (Å²) in [5.74, 6) is -0.0749. The first-order valence-electron chi connectivity index (χ1n) is 7.12. The summed E-state index contributed by atoms with van der Waals surface area (Å²) in [7, 11) is 0. The number of nitrogens with one attached hydrogen (secondary N) is 1. The summed E-state index contributed by atoms with van der Waals surface area (Å²) in [5.41, 5.74) is 10.3. The normalized spacial score (nSPS) is 10.8. The molecule has 1 aromatic heterocycles. The standard InChI is InChI=1S/C17H14N4OS2/c18-15-14(16(22)20-19-11-12-7-3-1-4-8-12)24-17(23)21(15)13-9-5-2-6-10-13/h1-11H,18H2,(H,20,22)/b19-11-. The Kier molecular flexibility index (Phi) is 4.83. The van der Waals surface area contributed by atoms with Gasteiger partial charge in [-0.2, -0.15) is 5.10 Å². The van der Waals surface area contributed by atoms with Gasteiger partial charge in [0.15, 0.2) is 3.95 Å². The average molecular weight is 354 g/mol. The molecular weight excluding hydrogens is 340 g/mol. The molecule has 2 aromatic carbocycles. The van der Waals surface area contributed by atoms with Crippen molar-refractivity contribution < 1.29 is 4.79 Å². The summed E-state index contributed by atoms with van der Waals surface area (Å²) >= 11 is 6.49. The van der Waals surface area contributed by atoms with Crippen LogP contribution in [-0.2, 0) is 0 Å². The number of thiazole rings is 1. The van der Waals surface area contributed by atoms with Crippen LogP contribution in [0.15, 0.2) is 65.8 Å². The van der Waals surface area contributed by atoms with Crippen LogP contribution in [0.4, 0.5) is 5.82 Å².